The van der Waals surface area contributed by atoms with E-state index in [1.54, 1.807) is 0 Å². The normalized spacial score (nSPS) is 13.2. The third kappa shape index (κ3) is 7.22. The SMILES string of the molecule is Cc1c[c-]c(-c2cc(C)c(C)cn2)cc1.Cc1cc(-c2[c-]ccc3c2oc2nc(-c4c(C)cccc4C)ccc23)ncc1C1CCCCC1.[Ir]. The number of furan rings is 1. The van der Waals surface area contributed by atoms with Gasteiger partial charge >= 0.3 is 0 Å². The van der Waals surface area contributed by atoms with Gasteiger partial charge < -0.3 is 14.4 Å². The molecule has 4 nitrogen and oxygen atoms in total. The van der Waals surface area contributed by atoms with Gasteiger partial charge in [0.25, 0.3) is 0 Å². The molecule has 8 rings (SSSR count). The molecule has 0 bridgehead atoms. The van der Waals surface area contributed by atoms with Crippen molar-refractivity contribution in [3.63, 3.8) is 0 Å². The van der Waals surface area contributed by atoms with Gasteiger partial charge in [-0.25, -0.2) is 4.98 Å². The first-order chi connectivity index (χ1) is 23.8. The summed E-state index contributed by atoms with van der Waals surface area (Å²) in [4.78, 5) is 14.2. The van der Waals surface area contributed by atoms with Gasteiger partial charge in [-0.15, -0.1) is 53.6 Å². The third-order valence-electron chi connectivity index (χ3n) is 10.1. The molecule has 0 spiro atoms. The molecule has 1 aliphatic carbocycles. The van der Waals surface area contributed by atoms with Crippen molar-refractivity contribution in [2.24, 2.45) is 0 Å². The van der Waals surface area contributed by atoms with E-state index < -0.39 is 0 Å². The molecule has 0 N–H and O–H groups in total. The Morgan fingerprint density at radius 3 is 2.10 bits per heavy atom. The molecule has 4 aromatic heterocycles. The van der Waals surface area contributed by atoms with Crippen LogP contribution in [-0.4, -0.2) is 15.0 Å². The maximum absolute atomic E-state index is 6.38. The standard InChI is InChI=1S/C31H29N2O.C14H14N.Ir/c1-19-9-7-10-20(2)29(19)27-16-15-24-23-13-8-14-25(30(23)34-31(24)33-27)28-17-21(3)26(18-32-28)22-11-5-4-6-12-22;1-10-4-6-13(7-5-10)14-8-11(2)12(3)9-15-14;/h7-10,13,15-18,22H,4-6,11-12H2,1-3H3;4-6,8-9H,1-3H3;/q2*-1;. The van der Waals surface area contributed by atoms with Gasteiger partial charge in [-0.05, 0) is 99.2 Å². The van der Waals surface area contributed by atoms with Gasteiger partial charge in [0.15, 0.2) is 0 Å². The van der Waals surface area contributed by atoms with Crippen LogP contribution in [0, 0.1) is 53.7 Å². The summed E-state index contributed by atoms with van der Waals surface area (Å²) in [6, 6.07) is 31.7. The van der Waals surface area contributed by atoms with Crippen molar-refractivity contribution in [2.75, 3.05) is 0 Å². The monoisotopic (exact) mass is 834 g/mol. The van der Waals surface area contributed by atoms with E-state index in [4.69, 9.17) is 14.4 Å². The summed E-state index contributed by atoms with van der Waals surface area (Å²) in [6.07, 6.45) is 10.6. The molecule has 3 aromatic carbocycles. The van der Waals surface area contributed by atoms with E-state index >= 15 is 0 Å². The smallest absolute Gasteiger partial charge is 0.216 e. The van der Waals surface area contributed by atoms with Crippen molar-refractivity contribution in [1.29, 1.82) is 0 Å². The van der Waals surface area contributed by atoms with Crippen molar-refractivity contribution in [3.8, 4) is 33.8 Å². The molecule has 0 saturated heterocycles. The van der Waals surface area contributed by atoms with E-state index in [0.29, 0.717) is 11.6 Å². The van der Waals surface area contributed by atoms with Crippen LogP contribution in [0.3, 0.4) is 0 Å². The van der Waals surface area contributed by atoms with E-state index in [1.807, 2.05) is 18.3 Å². The summed E-state index contributed by atoms with van der Waals surface area (Å²) >= 11 is 0. The number of benzene rings is 3. The molecule has 0 unspecified atom stereocenters. The molecule has 0 aliphatic heterocycles. The first-order valence-corrected chi connectivity index (χ1v) is 17.5. The molecular formula is C45H43IrN3O-2. The fourth-order valence-corrected chi connectivity index (χ4v) is 7.15. The van der Waals surface area contributed by atoms with Crippen LogP contribution in [0.1, 0.15) is 77.0 Å². The number of rotatable bonds is 4. The van der Waals surface area contributed by atoms with Crippen LogP contribution in [0.15, 0.2) is 89.6 Å². The molecule has 255 valence electrons. The fourth-order valence-electron chi connectivity index (χ4n) is 7.15. The van der Waals surface area contributed by atoms with Crippen molar-refractivity contribution >= 4 is 22.1 Å². The predicted molar refractivity (Wildman–Crippen MR) is 202 cm³/mol. The zero-order valence-corrected chi connectivity index (χ0v) is 32.2. The summed E-state index contributed by atoms with van der Waals surface area (Å²) in [5.74, 6) is 0.647. The molecule has 7 aromatic rings. The van der Waals surface area contributed by atoms with E-state index in [-0.39, 0.29) is 20.1 Å². The van der Waals surface area contributed by atoms with E-state index in [9.17, 15) is 0 Å². The van der Waals surface area contributed by atoms with Crippen LogP contribution in [0.5, 0.6) is 0 Å². The Hall–Kier alpha value is -4.44. The predicted octanol–water partition coefficient (Wildman–Crippen LogP) is 12.0. The van der Waals surface area contributed by atoms with E-state index in [1.165, 1.54) is 76.6 Å². The van der Waals surface area contributed by atoms with Crippen molar-refractivity contribution in [1.82, 2.24) is 15.0 Å². The Labute approximate surface area is 309 Å². The van der Waals surface area contributed by atoms with Gasteiger partial charge in [0, 0.05) is 43.4 Å². The zero-order chi connectivity index (χ0) is 34.1. The maximum Gasteiger partial charge on any atom is 0.216 e. The molecule has 5 heteroatoms. The Bertz CT molecular complexity index is 2260. The summed E-state index contributed by atoms with van der Waals surface area (Å²) in [5, 5.41) is 2.08. The Morgan fingerprint density at radius 1 is 0.660 bits per heavy atom. The summed E-state index contributed by atoms with van der Waals surface area (Å²) < 4.78 is 6.38. The van der Waals surface area contributed by atoms with E-state index in [0.717, 1.165) is 44.6 Å². The molecule has 1 fully saturated rings. The fraction of sp³-hybridized carbons (Fsp3) is 0.267. The van der Waals surface area contributed by atoms with Gasteiger partial charge in [-0.2, -0.15) is 0 Å². The number of aromatic nitrogens is 3. The van der Waals surface area contributed by atoms with Crippen molar-refractivity contribution in [2.45, 2.75) is 79.6 Å². The number of fused-ring (bicyclic) bond motifs is 3. The van der Waals surface area contributed by atoms with Crippen LogP contribution in [0.4, 0.5) is 0 Å². The molecule has 0 amide bonds. The minimum Gasteiger partial charge on any atom is -0.486 e. The minimum atomic E-state index is 0. The molecule has 1 saturated carbocycles. The van der Waals surface area contributed by atoms with Crippen LogP contribution in [0.25, 0.3) is 55.8 Å². The van der Waals surface area contributed by atoms with Gasteiger partial charge in [0.05, 0.1) is 11.3 Å². The van der Waals surface area contributed by atoms with Crippen LogP contribution >= 0.6 is 0 Å². The van der Waals surface area contributed by atoms with E-state index in [2.05, 4.69) is 126 Å². The topological polar surface area (TPSA) is 51.8 Å². The molecule has 4 heterocycles. The molecule has 1 radical (unpaired) electrons. The van der Waals surface area contributed by atoms with Gasteiger partial charge in [-0.1, -0.05) is 78.6 Å². The number of hydrogen-bond acceptors (Lipinski definition) is 4. The van der Waals surface area contributed by atoms with Crippen LogP contribution < -0.4 is 0 Å². The largest absolute Gasteiger partial charge is 0.486 e. The number of nitrogens with zero attached hydrogens (tertiary/aromatic N) is 3. The van der Waals surface area contributed by atoms with Gasteiger partial charge in [0.2, 0.25) is 5.71 Å². The second-order valence-electron chi connectivity index (χ2n) is 13.7. The van der Waals surface area contributed by atoms with Gasteiger partial charge in [-0.3, -0.25) is 0 Å². The first kappa shape index (κ1) is 35.4. The Morgan fingerprint density at radius 2 is 1.40 bits per heavy atom. The summed E-state index contributed by atoms with van der Waals surface area (Å²) in [7, 11) is 0. The molecule has 1 aliphatic rings. The average Bonchev–Trinajstić information content (AvgIpc) is 3.49. The number of pyridine rings is 3. The zero-order valence-electron chi connectivity index (χ0n) is 29.8. The third-order valence-corrected chi connectivity index (χ3v) is 10.1. The minimum absolute atomic E-state index is 0. The first-order valence-electron chi connectivity index (χ1n) is 17.5. The maximum atomic E-state index is 6.38. The molecule has 0 atom stereocenters. The Balaban J connectivity index is 0.000000227. The Kier molecular flexibility index (Phi) is 10.8. The second-order valence-corrected chi connectivity index (χ2v) is 13.7. The average molecular weight is 834 g/mol. The van der Waals surface area contributed by atoms with Crippen molar-refractivity contribution in [3.05, 3.63) is 136 Å². The summed E-state index contributed by atoms with van der Waals surface area (Å²) in [5.41, 5.74) is 16.3. The van der Waals surface area contributed by atoms with Crippen molar-refractivity contribution < 1.29 is 24.5 Å². The van der Waals surface area contributed by atoms with Gasteiger partial charge in [0.1, 0.15) is 0 Å². The number of hydrogen-bond donors (Lipinski definition) is 0. The summed E-state index contributed by atoms with van der Waals surface area (Å²) in [6.45, 7) is 12.7. The quantitative estimate of drug-likeness (QED) is 0.166. The molecule has 50 heavy (non-hydrogen) atoms. The molecular weight excluding hydrogens is 791 g/mol. The van der Waals surface area contributed by atoms with Crippen LogP contribution in [-0.2, 0) is 20.1 Å². The van der Waals surface area contributed by atoms with Crippen LogP contribution in [0.2, 0.25) is 0 Å². The number of aryl methyl sites for hydroxylation is 6. The second kappa shape index (κ2) is 15.2.